The lowest BCUT2D eigenvalue weighted by Gasteiger charge is -1.71. The van der Waals surface area contributed by atoms with Crippen molar-refractivity contribution in [3.8, 4) is 0 Å². The molecule has 0 fully saturated rings. The molecular weight excluding hydrogens is 132 g/mol. The average Bonchev–Trinajstić information content (AvgIpc) is 1.89. The van der Waals surface area contributed by atoms with Crippen LogP contribution in [0.25, 0.3) is 0 Å². The first-order chi connectivity index (χ1) is 4.54. The van der Waals surface area contributed by atoms with Crippen molar-refractivity contribution in [1.82, 2.24) is 0 Å². The fourth-order valence-corrected chi connectivity index (χ4v) is 0. The molecule has 58 valence electrons. The van der Waals surface area contributed by atoms with Crippen molar-refractivity contribution in [2.45, 2.75) is 20.3 Å². The Labute approximate surface area is 60.4 Å². The van der Waals surface area contributed by atoms with E-state index in [1.807, 2.05) is 6.92 Å². The van der Waals surface area contributed by atoms with Crippen molar-refractivity contribution in [1.29, 1.82) is 0 Å². The van der Waals surface area contributed by atoms with Crippen LogP contribution in [0.1, 0.15) is 20.3 Å². The van der Waals surface area contributed by atoms with E-state index in [-0.39, 0.29) is 5.78 Å². The van der Waals surface area contributed by atoms with Gasteiger partial charge in [-0.3, -0.25) is 0 Å². The minimum atomic E-state index is -0.981. The van der Waals surface area contributed by atoms with Gasteiger partial charge in [-0.25, -0.2) is 4.79 Å². The number of carbonyl (C=O) groups is 2. The van der Waals surface area contributed by atoms with Crippen LogP contribution in [0.3, 0.4) is 0 Å². The molecule has 0 radical (unpaired) electrons. The van der Waals surface area contributed by atoms with Gasteiger partial charge < -0.3 is 9.90 Å². The zero-order chi connectivity index (χ0) is 8.57. The third kappa shape index (κ3) is 28.7. The standard InChI is InChI=1S/C4H8O.C3H4O2/c1-3-4(2)5;1-2-3(4)5/h3H2,1-2H3;2H,1H2,(H,4,5). The Bertz CT molecular complexity index is 127. The van der Waals surface area contributed by atoms with E-state index < -0.39 is 5.97 Å². The highest BCUT2D eigenvalue weighted by molar-refractivity contribution is 5.78. The molecule has 0 unspecified atom stereocenters. The summed E-state index contributed by atoms with van der Waals surface area (Å²) in [6, 6.07) is 0. The van der Waals surface area contributed by atoms with Crippen LogP contribution in [0.4, 0.5) is 0 Å². The first kappa shape index (κ1) is 11.6. The first-order valence-electron chi connectivity index (χ1n) is 2.89. The maximum absolute atomic E-state index is 9.81. The number of carboxylic acid groups (broad SMARTS) is 1. The lowest BCUT2D eigenvalue weighted by Crippen LogP contribution is -1.82. The molecule has 1 N–H and O–H groups in total. The van der Waals surface area contributed by atoms with Crippen molar-refractivity contribution in [2.24, 2.45) is 0 Å². The highest BCUT2D eigenvalue weighted by atomic mass is 16.4. The SMILES string of the molecule is C=CC(=O)O.CCC(C)=O. The molecule has 0 heterocycles. The minimum Gasteiger partial charge on any atom is -0.478 e. The topological polar surface area (TPSA) is 54.4 Å². The van der Waals surface area contributed by atoms with Crippen LogP contribution < -0.4 is 0 Å². The van der Waals surface area contributed by atoms with Crippen LogP contribution in [-0.4, -0.2) is 16.9 Å². The minimum absolute atomic E-state index is 0.255. The Hall–Kier alpha value is -1.12. The number of ketones is 1. The summed E-state index contributed by atoms with van der Waals surface area (Å²) in [4.78, 5) is 19.1. The fourth-order valence-electron chi connectivity index (χ4n) is 0. The molecule has 0 aliphatic rings. The van der Waals surface area contributed by atoms with Gasteiger partial charge in [0.25, 0.3) is 0 Å². The lowest BCUT2D eigenvalue weighted by atomic mass is 10.4. The Morgan fingerprint density at radius 1 is 1.60 bits per heavy atom. The maximum Gasteiger partial charge on any atom is 0.327 e. The molecule has 0 aromatic heterocycles. The summed E-state index contributed by atoms with van der Waals surface area (Å²) in [7, 11) is 0. The quantitative estimate of drug-likeness (QED) is 0.593. The van der Waals surface area contributed by atoms with E-state index in [0.717, 1.165) is 6.08 Å². The summed E-state index contributed by atoms with van der Waals surface area (Å²) in [5, 5.41) is 7.60. The second kappa shape index (κ2) is 7.88. The van der Waals surface area contributed by atoms with E-state index in [2.05, 4.69) is 6.58 Å². The van der Waals surface area contributed by atoms with E-state index in [4.69, 9.17) is 5.11 Å². The summed E-state index contributed by atoms with van der Waals surface area (Å²) in [5.41, 5.74) is 0. The van der Waals surface area contributed by atoms with Crippen LogP contribution in [-0.2, 0) is 9.59 Å². The molecule has 3 nitrogen and oxygen atoms in total. The van der Waals surface area contributed by atoms with E-state index in [9.17, 15) is 9.59 Å². The van der Waals surface area contributed by atoms with Gasteiger partial charge in [-0.15, -0.1) is 0 Å². The molecule has 0 amide bonds. The summed E-state index contributed by atoms with van der Waals surface area (Å²) in [6.45, 7) is 6.39. The van der Waals surface area contributed by atoms with Gasteiger partial charge in [0.2, 0.25) is 0 Å². The number of carbonyl (C=O) groups excluding carboxylic acids is 1. The Morgan fingerprint density at radius 2 is 1.80 bits per heavy atom. The normalized spacial score (nSPS) is 7.00. The van der Waals surface area contributed by atoms with Crippen LogP contribution in [0.2, 0.25) is 0 Å². The molecule has 0 spiro atoms. The second-order valence-electron chi connectivity index (χ2n) is 1.60. The molecule has 0 atom stereocenters. The number of aliphatic carboxylic acids is 1. The molecule has 10 heavy (non-hydrogen) atoms. The van der Waals surface area contributed by atoms with Gasteiger partial charge in [0, 0.05) is 12.5 Å². The zero-order valence-electron chi connectivity index (χ0n) is 6.26. The molecule has 0 bridgehead atoms. The molecule has 0 aliphatic carbocycles. The monoisotopic (exact) mass is 144 g/mol. The van der Waals surface area contributed by atoms with Crippen LogP contribution in [0, 0.1) is 0 Å². The van der Waals surface area contributed by atoms with Gasteiger partial charge in [0.05, 0.1) is 0 Å². The third-order valence-electron chi connectivity index (χ3n) is 0.673. The van der Waals surface area contributed by atoms with Gasteiger partial charge in [-0.1, -0.05) is 13.5 Å². The third-order valence-corrected chi connectivity index (χ3v) is 0.673. The highest BCUT2D eigenvalue weighted by Gasteiger charge is 1.76. The number of hydrogen-bond donors (Lipinski definition) is 1. The van der Waals surface area contributed by atoms with E-state index >= 15 is 0 Å². The molecule has 3 heteroatoms. The molecule has 0 aromatic carbocycles. The van der Waals surface area contributed by atoms with Gasteiger partial charge in [-0.05, 0) is 6.92 Å². The van der Waals surface area contributed by atoms with Crippen molar-refractivity contribution in [2.75, 3.05) is 0 Å². The van der Waals surface area contributed by atoms with Crippen LogP contribution >= 0.6 is 0 Å². The van der Waals surface area contributed by atoms with Crippen molar-refractivity contribution >= 4 is 11.8 Å². The zero-order valence-corrected chi connectivity index (χ0v) is 6.26. The predicted octanol–water partition coefficient (Wildman–Crippen LogP) is 1.24. The van der Waals surface area contributed by atoms with Gasteiger partial charge in [-0.2, -0.15) is 0 Å². The van der Waals surface area contributed by atoms with Crippen LogP contribution in [0.5, 0.6) is 0 Å². The van der Waals surface area contributed by atoms with E-state index in [1.54, 1.807) is 6.92 Å². The summed E-state index contributed by atoms with van der Waals surface area (Å²) < 4.78 is 0. The summed E-state index contributed by atoms with van der Waals surface area (Å²) in [6.07, 6.45) is 1.50. The van der Waals surface area contributed by atoms with Gasteiger partial charge in [0.15, 0.2) is 0 Å². The molecule has 0 aliphatic heterocycles. The Balaban J connectivity index is 0. The predicted molar refractivity (Wildman–Crippen MR) is 38.8 cm³/mol. The highest BCUT2D eigenvalue weighted by Crippen LogP contribution is 1.71. The van der Waals surface area contributed by atoms with Crippen molar-refractivity contribution in [3.63, 3.8) is 0 Å². The summed E-state index contributed by atoms with van der Waals surface area (Å²) >= 11 is 0. The molecular formula is C7H12O3. The number of carboxylic acids is 1. The Kier molecular flexibility index (Phi) is 9.18. The fraction of sp³-hybridized carbons (Fsp3) is 0.429. The number of rotatable bonds is 2. The Morgan fingerprint density at radius 3 is 1.80 bits per heavy atom. The van der Waals surface area contributed by atoms with E-state index in [1.165, 1.54) is 0 Å². The van der Waals surface area contributed by atoms with E-state index in [0.29, 0.717) is 6.42 Å². The smallest absolute Gasteiger partial charge is 0.327 e. The number of Topliss-reactive ketones (excluding diaryl/α,β-unsaturated/α-hetero) is 1. The van der Waals surface area contributed by atoms with Crippen LogP contribution in [0.15, 0.2) is 12.7 Å². The summed E-state index contributed by atoms with van der Waals surface area (Å²) in [5.74, 6) is -0.727. The van der Waals surface area contributed by atoms with Gasteiger partial charge >= 0.3 is 5.97 Å². The molecule has 0 saturated heterocycles. The first-order valence-corrected chi connectivity index (χ1v) is 2.89. The van der Waals surface area contributed by atoms with Crippen molar-refractivity contribution < 1.29 is 14.7 Å². The molecule has 0 rings (SSSR count). The average molecular weight is 144 g/mol. The largest absolute Gasteiger partial charge is 0.478 e. The number of hydrogen-bond acceptors (Lipinski definition) is 2. The second-order valence-corrected chi connectivity index (χ2v) is 1.60. The lowest BCUT2D eigenvalue weighted by molar-refractivity contribution is -0.131. The molecule has 0 saturated carbocycles. The van der Waals surface area contributed by atoms with Gasteiger partial charge in [0.1, 0.15) is 5.78 Å². The van der Waals surface area contributed by atoms with Crippen molar-refractivity contribution in [3.05, 3.63) is 12.7 Å². The molecule has 0 aromatic rings. The maximum atomic E-state index is 9.81.